The number of benzene rings is 1. The molecule has 0 radical (unpaired) electrons. The molecule has 0 bridgehead atoms. The first-order valence-electron chi connectivity index (χ1n) is 5.87. The summed E-state index contributed by atoms with van der Waals surface area (Å²) >= 11 is 0. The van der Waals surface area contributed by atoms with Crippen molar-refractivity contribution in [1.82, 2.24) is 0 Å². The number of phenols is 1. The predicted molar refractivity (Wildman–Crippen MR) is 70.9 cm³/mol. The van der Waals surface area contributed by atoms with Crippen LogP contribution in [0.1, 0.15) is 50.8 Å². The Bertz CT molecular complexity index is 395. The molecule has 0 spiro atoms. The van der Waals surface area contributed by atoms with E-state index in [0.717, 1.165) is 23.1 Å². The molecule has 0 aliphatic rings. The van der Waals surface area contributed by atoms with E-state index >= 15 is 0 Å². The first-order chi connectivity index (χ1) is 7.38. The van der Waals surface area contributed by atoms with E-state index in [9.17, 15) is 5.11 Å². The van der Waals surface area contributed by atoms with Crippen LogP contribution in [-0.2, 0) is 5.41 Å². The van der Waals surface area contributed by atoms with Gasteiger partial charge in [0.25, 0.3) is 0 Å². The number of phenolic OH excluding ortho intramolecular Hbond substituents is 1. The Morgan fingerprint density at radius 1 is 1.25 bits per heavy atom. The molecule has 0 aromatic heterocycles. The average molecular weight is 218 g/mol. The van der Waals surface area contributed by atoms with Crippen LogP contribution < -0.4 is 0 Å². The van der Waals surface area contributed by atoms with Crippen LogP contribution in [0, 0.1) is 6.92 Å². The maximum atomic E-state index is 10.3. The summed E-state index contributed by atoms with van der Waals surface area (Å²) in [5.41, 5.74) is 3.06. The molecule has 0 fully saturated rings. The summed E-state index contributed by atoms with van der Waals surface area (Å²) in [4.78, 5) is 0. The topological polar surface area (TPSA) is 20.2 Å². The Morgan fingerprint density at radius 2 is 1.88 bits per heavy atom. The first kappa shape index (κ1) is 12.8. The standard InChI is InChI=1S/C15H22O/c1-6-7-8-12-11(2)9-10-13(14(12)16)15(3,4)5/h7-10,16H,6H2,1-5H3/b8-7+. The second kappa shape index (κ2) is 4.73. The molecule has 0 heterocycles. The minimum Gasteiger partial charge on any atom is -0.507 e. The van der Waals surface area contributed by atoms with Gasteiger partial charge in [-0.15, -0.1) is 0 Å². The van der Waals surface area contributed by atoms with Gasteiger partial charge in [0.15, 0.2) is 0 Å². The van der Waals surface area contributed by atoms with Gasteiger partial charge < -0.3 is 5.11 Å². The van der Waals surface area contributed by atoms with Crippen LogP contribution in [0.5, 0.6) is 5.75 Å². The Balaban J connectivity index is 3.33. The molecule has 16 heavy (non-hydrogen) atoms. The third-order valence-corrected chi connectivity index (χ3v) is 2.76. The lowest BCUT2D eigenvalue weighted by atomic mass is 9.84. The first-order valence-corrected chi connectivity index (χ1v) is 5.87. The maximum absolute atomic E-state index is 10.3. The van der Waals surface area contributed by atoms with Crippen LogP contribution in [0.15, 0.2) is 18.2 Å². The second-order valence-corrected chi connectivity index (χ2v) is 5.25. The lowest BCUT2D eigenvalue weighted by Gasteiger charge is -2.22. The van der Waals surface area contributed by atoms with Gasteiger partial charge in [-0.25, -0.2) is 0 Å². The monoisotopic (exact) mass is 218 g/mol. The third-order valence-electron chi connectivity index (χ3n) is 2.76. The lowest BCUT2D eigenvalue weighted by Crippen LogP contribution is -2.11. The van der Waals surface area contributed by atoms with Gasteiger partial charge in [0.05, 0.1) is 0 Å². The van der Waals surface area contributed by atoms with Gasteiger partial charge in [0.1, 0.15) is 5.75 Å². The fourth-order valence-corrected chi connectivity index (χ4v) is 1.76. The Hall–Kier alpha value is -1.24. The fraction of sp³-hybridized carbons (Fsp3) is 0.467. The van der Waals surface area contributed by atoms with Crippen molar-refractivity contribution in [3.63, 3.8) is 0 Å². The molecule has 1 aromatic carbocycles. The molecule has 1 rings (SSSR count). The molecule has 1 N–H and O–H groups in total. The van der Waals surface area contributed by atoms with E-state index in [2.05, 4.69) is 39.8 Å². The number of aromatic hydroxyl groups is 1. The van der Waals surface area contributed by atoms with Crippen LogP contribution in [0.2, 0.25) is 0 Å². The zero-order valence-electron chi connectivity index (χ0n) is 11.0. The highest BCUT2D eigenvalue weighted by molar-refractivity contribution is 5.64. The Kier molecular flexibility index (Phi) is 3.79. The van der Waals surface area contributed by atoms with Crippen molar-refractivity contribution in [1.29, 1.82) is 0 Å². The molecule has 1 aromatic rings. The smallest absolute Gasteiger partial charge is 0.126 e. The molecule has 0 saturated heterocycles. The van der Waals surface area contributed by atoms with Crippen molar-refractivity contribution in [3.05, 3.63) is 34.9 Å². The van der Waals surface area contributed by atoms with E-state index < -0.39 is 0 Å². The van der Waals surface area contributed by atoms with Gasteiger partial charge in [0.2, 0.25) is 0 Å². The zero-order chi connectivity index (χ0) is 12.3. The van der Waals surface area contributed by atoms with E-state index in [1.54, 1.807) is 0 Å². The summed E-state index contributed by atoms with van der Waals surface area (Å²) in [6, 6.07) is 4.10. The minimum atomic E-state index is -0.0212. The number of hydrogen-bond donors (Lipinski definition) is 1. The minimum absolute atomic E-state index is 0.0212. The highest BCUT2D eigenvalue weighted by Gasteiger charge is 2.19. The normalized spacial score (nSPS) is 12.3. The van der Waals surface area contributed by atoms with Crippen molar-refractivity contribution in [2.24, 2.45) is 0 Å². The van der Waals surface area contributed by atoms with Crippen molar-refractivity contribution in [2.75, 3.05) is 0 Å². The third kappa shape index (κ3) is 2.66. The molecule has 0 unspecified atom stereocenters. The molecule has 1 heteroatoms. The molecular weight excluding hydrogens is 196 g/mol. The summed E-state index contributed by atoms with van der Waals surface area (Å²) in [6.07, 6.45) is 5.08. The highest BCUT2D eigenvalue weighted by atomic mass is 16.3. The number of hydrogen-bond acceptors (Lipinski definition) is 1. The van der Waals surface area contributed by atoms with E-state index in [-0.39, 0.29) is 5.41 Å². The van der Waals surface area contributed by atoms with Gasteiger partial charge in [-0.1, -0.05) is 52.0 Å². The maximum Gasteiger partial charge on any atom is 0.126 e. The molecule has 0 aliphatic heterocycles. The van der Waals surface area contributed by atoms with Gasteiger partial charge >= 0.3 is 0 Å². The largest absolute Gasteiger partial charge is 0.507 e. The molecule has 0 atom stereocenters. The molecule has 0 saturated carbocycles. The van der Waals surface area contributed by atoms with Crippen LogP contribution >= 0.6 is 0 Å². The molecule has 0 amide bonds. The summed E-state index contributed by atoms with van der Waals surface area (Å²) < 4.78 is 0. The number of aryl methyl sites for hydroxylation is 1. The van der Waals surface area contributed by atoms with Crippen LogP contribution in [0.4, 0.5) is 0 Å². The summed E-state index contributed by atoms with van der Waals surface area (Å²) in [5.74, 6) is 0.428. The molecule has 88 valence electrons. The van der Waals surface area contributed by atoms with Crippen LogP contribution in [-0.4, -0.2) is 5.11 Å². The quantitative estimate of drug-likeness (QED) is 0.779. The SMILES string of the molecule is CC/C=C/c1c(C)ccc(C(C)(C)C)c1O. The van der Waals surface area contributed by atoms with E-state index in [4.69, 9.17) is 0 Å². The van der Waals surface area contributed by atoms with Gasteiger partial charge in [-0.05, 0) is 29.9 Å². The van der Waals surface area contributed by atoms with Crippen molar-refractivity contribution < 1.29 is 5.11 Å². The predicted octanol–water partition coefficient (Wildman–Crippen LogP) is 4.42. The van der Waals surface area contributed by atoms with Gasteiger partial charge in [-0.2, -0.15) is 0 Å². The molecular formula is C15H22O. The number of rotatable bonds is 2. The fourth-order valence-electron chi connectivity index (χ4n) is 1.76. The Labute approximate surface area is 98.8 Å². The average Bonchev–Trinajstić information content (AvgIpc) is 2.15. The highest BCUT2D eigenvalue weighted by Crippen LogP contribution is 2.35. The van der Waals surface area contributed by atoms with E-state index in [1.165, 1.54) is 0 Å². The lowest BCUT2D eigenvalue weighted by molar-refractivity contribution is 0.445. The van der Waals surface area contributed by atoms with Crippen molar-refractivity contribution in [2.45, 2.75) is 46.5 Å². The van der Waals surface area contributed by atoms with Crippen molar-refractivity contribution >= 4 is 6.08 Å². The summed E-state index contributed by atoms with van der Waals surface area (Å²) in [5, 5.41) is 10.3. The molecule has 0 aliphatic carbocycles. The number of allylic oxidation sites excluding steroid dienone is 1. The van der Waals surface area contributed by atoms with Gasteiger partial charge in [-0.3, -0.25) is 0 Å². The second-order valence-electron chi connectivity index (χ2n) is 5.25. The Morgan fingerprint density at radius 3 is 2.38 bits per heavy atom. The zero-order valence-corrected chi connectivity index (χ0v) is 11.0. The van der Waals surface area contributed by atoms with Crippen molar-refractivity contribution in [3.8, 4) is 5.75 Å². The summed E-state index contributed by atoms with van der Waals surface area (Å²) in [6.45, 7) is 10.5. The molecule has 1 nitrogen and oxygen atoms in total. The van der Waals surface area contributed by atoms with E-state index in [0.29, 0.717) is 5.75 Å². The van der Waals surface area contributed by atoms with Gasteiger partial charge in [0, 0.05) is 5.56 Å². The van der Waals surface area contributed by atoms with Crippen LogP contribution in [0.3, 0.4) is 0 Å². The summed E-state index contributed by atoms with van der Waals surface area (Å²) in [7, 11) is 0. The van der Waals surface area contributed by atoms with Crippen LogP contribution in [0.25, 0.3) is 6.08 Å². The van der Waals surface area contributed by atoms with E-state index in [1.807, 2.05) is 19.1 Å².